The number of ether oxygens (including phenoxy) is 2. The van der Waals surface area contributed by atoms with Crippen molar-refractivity contribution in [3.63, 3.8) is 0 Å². The molecule has 1 aliphatic rings. The van der Waals surface area contributed by atoms with Crippen molar-refractivity contribution >= 4 is 0 Å². The van der Waals surface area contributed by atoms with E-state index < -0.39 is 0 Å². The minimum absolute atomic E-state index is 0.110. The van der Waals surface area contributed by atoms with Crippen LogP contribution in [0.5, 0.6) is 0 Å². The Morgan fingerprint density at radius 2 is 1.42 bits per heavy atom. The predicted molar refractivity (Wildman–Crippen MR) is 94.5 cm³/mol. The Hall–Kier alpha value is -1.68. The first-order chi connectivity index (χ1) is 11.8. The Morgan fingerprint density at radius 1 is 0.792 bits per heavy atom. The standard InChI is InChI=1S/C21H26O3/c22-20-11-19(15-23-14-17-7-3-1-4-8-17)12-21(13-20)24-16-18-9-5-2-6-10-18/h1-10,19-22H,11-16H2/t19?,20?,21-/m0/s1. The van der Waals surface area contributed by atoms with Crippen LogP contribution >= 0.6 is 0 Å². The highest BCUT2D eigenvalue weighted by molar-refractivity contribution is 5.14. The Kier molecular flexibility index (Phi) is 6.41. The molecule has 1 aliphatic carbocycles. The van der Waals surface area contributed by atoms with Crippen LogP contribution in [0.4, 0.5) is 0 Å². The van der Waals surface area contributed by atoms with Crippen LogP contribution in [-0.2, 0) is 22.7 Å². The lowest BCUT2D eigenvalue weighted by molar-refractivity contribution is -0.0572. The molecule has 3 nitrogen and oxygen atoms in total. The monoisotopic (exact) mass is 326 g/mol. The van der Waals surface area contributed by atoms with Gasteiger partial charge in [-0.1, -0.05) is 60.7 Å². The average molecular weight is 326 g/mol. The van der Waals surface area contributed by atoms with Gasteiger partial charge >= 0.3 is 0 Å². The zero-order valence-corrected chi connectivity index (χ0v) is 14.0. The zero-order valence-electron chi connectivity index (χ0n) is 14.0. The molecule has 2 aromatic carbocycles. The van der Waals surface area contributed by atoms with E-state index in [2.05, 4.69) is 24.3 Å². The van der Waals surface area contributed by atoms with Crippen LogP contribution in [0, 0.1) is 5.92 Å². The summed E-state index contributed by atoms with van der Waals surface area (Å²) >= 11 is 0. The smallest absolute Gasteiger partial charge is 0.0720 e. The molecule has 0 aromatic heterocycles. The molecule has 2 unspecified atom stereocenters. The van der Waals surface area contributed by atoms with Crippen molar-refractivity contribution in [3.8, 4) is 0 Å². The Bertz CT molecular complexity index is 585. The fourth-order valence-electron chi connectivity index (χ4n) is 3.33. The third kappa shape index (κ3) is 5.45. The highest BCUT2D eigenvalue weighted by Crippen LogP contribution is 2.28. The second-order valence-corrected chi connectivity index (χ2v) is 6.65. The van der Waals surface area contributed by atoms with Crippen LogP contribution in [0.3, 0.4) is 0 Å². The first-order valence-electron chi connectivity index (χ1n) is 8.75. The molecule has 1 fully saturated rings. The summed E-state index contributed by atoms with van der Waals surface area (Å²) < 4.78 is 11.9. The minimum Gasteiger partial charge on any atom is -0.393 e. The largest absolute Gasteiger partial charge is 0.393 e. The third-order valence-corrected chi connectivity index (χ3v) is 4.53. The molecular formula is C21H26O3. The van der Waals surface area contributed by atoms with Gasteiger partial charge in [0.25, 0.3) is 0 Å². The van der Waals surface area contributed by atoms with Gasteiger partial charge in [0.05, 0.1) is 32.0 Å². The van der Waals surface area contributed by atoms with Crippen molar-refractivity contribution < 1.29 is 14.6 Å². The number of rotatable bonds is 7. The molecule has 0 bridgehead atoms. The summed E-state index contributed by atoms with van der Waals surface area (Å²) in [6.45, 7) is 1.91. The Labute approximate surface area is 144 Å². The summed E-state index contributed by atoms with van der Waals surface area (Å²) in [6.07, 6.45) is 2.31. The van der Waals surface area contributed by atoms with Gasteiger partial charge in [-0.15, -0.1) is 0 Å². The van der Waals surface area contributed by atoms with Gasteiger partial charge in [-0.2, -0.15) is 0 Å². The fourth-order valence-corrected chi connectivity index (χ4v) is 3.33. The maximum absolute atomic E-state index is 10.1. The molecule has 0 heterocycles. The van der Waals surface area contributed by atoms with Crippen LogP contribution in [-0.4, -0.2) is 23.9 Å². The lowest BCUT2D eigenvalue weighted by atomic mass is 9.85. The van der Waals surface area contributed by atoms with Crippen LogP contribution < -0.4 is 0 Å². The minimum atomic E-state index is -0.287. The summed E-state index contributed by atoms with van der Waals surface area (Å²) in [4.78, 5) is 0. The summed E-state index contributed by atoms with van der Waals surface area (Å²) in [5.74, 6) is 0.359. The first-order valence-corrected chi connectivity index (χ1v) is 8.75. The van der Waals surface area contributed by atoms with Crippen molar-refractivity contribution in [2.45, 2.75) is 44.7 Å². The maximum atomic E-state index is 10.1. The number of hydrogen-bond donors (Lipinski definition) is 1. The molecular weight excluding hydrogens is 300 g/mol. The van der Waals surface area contributed by atoms with Gasteiger partial charge in [0, 0.05) is 0 Å². The van der Waals surface area contributed by atoms with Gasteiger partial charge in [0.2, 0.25) is 0 Å². The molecule has 0 radical (unpaired) electrons. The molecule has 0 amide bonds. The maximum Gasteiger partial charge on any atom is 0.0720 e. The van der Waals surface area contributed by atoms with Crippen molar-refractivity contribution in [2.75, 3.05) is 6.61 Å². The predicted octanol–water partition coefficient (Wildman–Crippen LogP) is 3.95. The topological polar surface area (TPSA) is 38.7 Å². The van der Waals surface area contributed by atoms with E-state index in [4.69, 9.17) is 9.47 Å². The lowest BCUT2D eigenvalue weighted by Gasteiger charge is -2.32. The molecule has 1 N–H and O–H groups in total. The van der Waals surface area contributed by atoms with E-state index in [0.29, 0.717) is 25.7 Å². The zero-order chi connectivity index (χ0) is 16.6. The highest BCUT2D eigenvalue weighted by Gasteiger charge is 2.28. The van der Waals surface area contributed by atoms with E-state index >= 15 is 0 Å². The molecule has 0 spiro atoms. The van der Waals surface area contributed by atoms with E-state index in [1.807, 2.05) is 36.4 Å². The number of benzene rings is 2. The second-order valence-electron chi connectivity index (χ2n) is 6.65. The Balaban J connectivity index is 1.43. The molecule has 3 rings (SSSR count). The molecule has 0 saturated heterocycles. The molecule has 3 atom stereocenters. The van der Waals surface area contributed by atoms with Gasteiger partial charge in [0.1, 0.15) is 0 Å². The van der Waals surface area contributed by atoms with Crippen LogP contribution in [0.25, 0.3) is 0 Å². The van der Waals surface area contributed by atoms with E-state index in [-0.39, 0.29) is 12.2 Å². The van der Waals surface area contributed by atoms with Crippen molar-refractivity contribution in [1.29, 1.82) is 0 Å². The molecule has 24 heavy (non-hydrogen) atoms. The molecule has 0 aliphatic heterocycles. The van der Waals surface area contributed by atoms with Crippen molar-refractivity contribution in [1.82, 2.24) is 0 Å². The Morgan fingerprint density at radius 3 is 2.08 bits per heavy atom. The lowest BCUT2D eigenvalue weighted by Crippen LogP contribution is -2.33. The van der Waals surface area contributed by atoms with Crippen LogP contribution in [0.1, 0.15) is 30.4 Å². The summed E-state index contributed by atoms with van der Waals surface area (Å²) in [7, 11) is 0. The van der Waals surface area contributed by atoms with Gasteiger partial charge in [-0.05, 0) is 36.3 Å². The van der Waals surface area contributed by atoms with E-state index in [0.717, 1.165) is 19.3 Å². The molecule has 3 heteroatoms. The number of aliphatic hydroxyl groups excluding tert-OH is 1. The van der Waals surface area contributed by atoms with Crippen LogP contribution in [0.15, 0.2) is 60.7 Å². The van der Waals surface area contributed by atoms with Gasteiger partial charge in [-0.3, -0.25) is 0 Å². The van der Waals surface area contributed by atoms with Gasteiger partial charge < -0.3 is 14.6 Å². The highest BCUT2D eigenvalue weighted by atomic mass is 16.5. The van der Waals surface area contributed by atoms with Gasteiger partial charge in [-0.25, -0.2) is 0 Å². The van der Waals surface area contributed by atoms with E-state index in [1.165, 1.54) is 11.1 Å². The van der Waals surface area contributed by atoms with Gasteiger partial charge in [0.15, 0.2) is 0 Å². The fraction of sp³-hybridized carbons (Fsp3) is 0.429. The third-order valence-electron chi connectivity index (χ3n) is 4.53. The summed E-state index contributed by atoms with van der Waals surface area (Å²) in [5.41, 5.74) is 2.36. The van der Waals surface area contributed by atoms with E-state index in [9.17, 15) is 5.11 Å². The molecule has 128 valence electrons. The summed E-state index contributed by atoms with van der Waals surface area (Å²) in [6, 6.07) is 20.4. The number of aliphatic hydroxyl groups is 1. The normalized spacial score (nSPS) is 24.0. The molecule has 1 saturated carbocycles. The number of hydrogen-bond acceptors (Lipinski definition) is 3. The SMILES string of the molecule is OC1CC(COCc2ccccc2)C[C@H](OCc2ccccc2)C1. The van der Waals surface area contributed by atoms with Crippen molar-refractivity contribution in [3.05, 3.63) is 71.8 Å². The summed E-state index contributed by atoms with van der Waals surface area (Å²) in [5, 5.41) is 10.1. The average Bonchev–Trinajstić information content (AvgIpc) is 2.61. The quantitative estimate of drug-likeness (QED) is 0.837. The van der Waals surface area contributed by atoms with E-state index in [1.54, 1.807) is 0 Å². The van der Waals surface area contributed by atoms with Crippen molar-refractivity contribution in [2.24, 2.45) is 5.92 Å². The first kappa shape index (κ1) is 17.2. The second kappa shape index (κ2) is 8.97. The molecule has 2 aromatic rings. The van der Waals surface area contributed by atoms with Crippen LogP contribution in [0.2, 0.25) is 0 Å².